The van der Waals surface area contributed by atoms with Crippen molar-refractivity contribution in [3.63, 3.8) is 0 Å². The fourth-order valence-electron chi connectivity index (χ4n) is 3.37. The number of ether oxygens (including phenoxy) is 1. The maximum Gasteiger partial charge on any atom is 0.335 e. The van der Waals surface area contributed by atoms with Crippen LogP contribution in [0.2, 0.25) is 5.02 Å². The van der Waals surface area contributed by atoms with Crippen LogP contribution >= 0.6 is 27.5 Å². The largest absolute Gasteiger partial charge is 0.488 e. The van der Waals surface area contributed by atoms with E-state index in [9.17, 15) is 14.4 Å². The highest BCUT2D eigenvalue weighted by Gasteiger charge is 2.37. The molecule has 1 heterocycles. The molecule has 1 saturated heterocycles. The van der Waals surface area contributed by atoms with Crippen molar-refractivity contribution in [3.8, 4) is 5.75 Å². The molecule has 4 rings (SSSR count). The van der Waals surface area contributed by atoms with Gasteiger partial charge in [-0.1, -0.05) is 70.0 Å². The van der Waals surface area contributed by atoms with Crippen molar-refractivity contribution in [2.45, 2.75) is 13.5 Å². The summed E-state index contributed by atoms with van der Waals surface area (Å²) in [6.07, 6.45) is 1.42. The molecule has 3 aromatic rings. The van der Waals surface area contributed by atoms with Crippen molar-refractivity contribution in [1.82, 2.24) is 5.32 Å². The molecule has 3 aromatic carbocycles. The van der Waals surface area contributed by atoms with E-state index in [4.69, 9.17) is 16.3 Å². The molecule has 0 aromatic heterocycles. The minimum atomic E-state index is -0.828. The van der Waals surface area contributed by atoms with E-state index in [0.29, 0.717) is 27.6 Å². The first-order chi connectivity index (χ1) is 15.9. The minimum absolute atomic E-state index is 0.189. The van der Waals surface area contributed by atoms with Gasteiger partial charge in [0.1, 0.15) is 17.9 Å². The lowest BCUT2D eigenvalue weighted by Crippen LogP contribution is -2.54. The van der Waals surface area contributed by atoms with Crippen LogP contribution in [0.4, 0.5) is 10.5 Å². The van der Waals surface area contributed by atoms with E-state index in [1.807, 2.05) is 24.3 Å². The zero-order valence-corrected chi connectivity index (χ0v) is 19.8. The number of hydrogen-bond acceptors (Lipinski definition) is 4. The molecule has 1 aliphatic heterocycles. The molecule has 33 heavy (non-hydrogen) atoms. The van der Waals surface area contributed by atoms with E-state index in [2.05, 4.69) is 21.2 Å². The second kappa shape index (κ2) is 9.60. The Morgan fingerprint density at radius 3 is 2.52 bits per heavy atom. The predicted molar refractivity (Wildman–Crippen MR) is 130 cm³/mol. The van der Waals surface area contributed by atoms with Crippen LogP contribution in [-0.4, -0.2) is 17.8 Å². The first-order valence-electron chi connectivity index (χ1n) is 9.98. The summed E-state index contributed by atoms with van der Waals surface area (Å²) in [5.41, 5.74) is 2.14. The lowest BCUT2D eigenvalue weighted by atomic mass is 10.0. The van der Waals surface area contributed by atoms with Gasteiger partial charge in [0.15, 0.2) is 0 Å². The predicted octanol–water partition coefficient (Wildman–Crippen LogP) is 5.66. The van der Waals surface area contributed by atoms with Gasteiger partial charge in [0.2, 0.25) is 0 Å². The number of rotatable bonds is 5. The first-order valence-corrected chi connectivity index (χ1v) is 11.2. The Morgan fingerprint density at radius 1 is 1.00 bits per heavy atom. The first kappa shape index (κ1) is 22.8. The van der Waals surface area contributed by atoms with E-state index in [1.165, 1.54) is 6.08 Å². The highest BCUT2D eigenvalue weighted by atomic mass is 79.9. The van der Waals surface area contributed by atoms with Crippen LogP contribution in [0.25, 0.3) is 6.08 Å². The number of carbonyl (C=O) groups excluding carboxylic acids is 3. The Bertz CT molecular complexity index is 1310. The van der Waals surface area contributed by atoms with Crippen LogP contribution in [-0.2, 0) is 16.2 Å². The third kappa shape index (κ3) is 4.69. The fourth-order valence-corrected chi connectivity index (χ4v) is 3.94. The maximum absolute atomic E-state index is 13.2. The van der Waals surface area contributed by atoms with Gasteiger partial charge in [-0.2, -0.15) is 0 Å². The number of urea groups is 1. The van der Waals surface area contributed by atoms with Gasteiger partial charge in [0, 0.05) is 20.6 Å². The number of carbonyl (C=O) groups is 3. The van der Waals surface area contributed by atoms with E-state index in [-0.39, 0.29) is 12.2 Å². The highest BCUT2D eigenvalue weighted by molar-refractivity contribution is 9.10. The topological polar surface area (TPSA) is 75.7 Å². The van der Waals surface area contributed by atoms with Crippen LogP contribution in [0.15, 0.2) is 76.8 Å². The van der Waals surface area contributed by atoms with Crippen molar-refractivity contribution in [1.29, 1.82) is 0 Å². The molecule has 1 fully saturated rings. The molecule has 0 saturated carbocycles. The Hall–Kier alpha value is -3.42. The fraction of sp³-hybridized carbons (Fsp3) is 0.0800. The molecule has 1 N–H and O–H groups in total. The Kier molecular flexibility index (Phi) is 6.62. The van der Waals surface area contributed by atoms with Gasteiger partial charge in [-0.3, -0.25) is 14.9 Å². The number of halogens is 2. The average Bonchev–Trinajstić information content (AvgIpc) is 2.79. The Balaban J connectivity index is 1.67. The molecule has 0 spiro atoms. The summed E-state index contributed by atoms with van der Waals surface area (Å²) < 4.78 is 6.88. The third-order valence-electron chi connectivity index (χ3n) is 5.14. The quantitative estimate of drug-likeness (QED) is 0.345. The molecule has 8 heteroatoms. The SMILES string of the molecule is Cc1c(Cl)cccc1N1C(=O)NC(=O)/C(=C\c2ccccc2OCc2ccccc2Br)C1=O. The standard InChI is InChI=1S/C25H18BrClN2O4/c1-15-20(27)10-6-11-21(15)29-24(31)18(23(30)28-25(29)32)13-16-7-3-5-12-22(16)33-14-17-8-2-4-9-19(17)26/h2-13H,14H2,1H3,(H,28,30,32)/b18-13+. The van der Waals surface area contributed by atoms with E-state index >= 15 is 0 Å². The Morgan fingerprint density at radius 2 is 1.73 bits per heavy atom. The molecule has 4 amide bonds. The summed E-state index contributed by atoms with van der Waals surface area (Å²) in [5, 5.41) is 2.63. The Labute approximate surface area is 203 Å². The van der Waals surface area contributed by atoms with Crippen LogP contribution < -0.4 is 15.0 Å². The van der Waals surface area contributed by atoms with E-state index < -0.39 is 17.8 Å². The molecule has 0 bridgehead atoms. The molecule has 0 radical (unpaired) electrons. The van der Waals surface area contributed by atoms with Gasteiger partial charge in [0.25, 0.3) is 11.8 Å². The summed E-state index contributed by atoms with van der Waals surface area (Å²) in [4.78, 5) is 39.2. The van der Waals surface area contributed by atoms with Crippen molar-refractivity contribution in [3.05, 3.63) is 98.5 Å². The van der Waals surface area contributed by atoms with Gasteiger partial charge >= 0.3 is 6.03 Å². The smallest absolute Gasteiger partial charge is 0.335 e. The zero-order chi connectivity index (χ0) is 23.5. The zero-order valence-electron chi connectivity index (χ0n) is 17.5. The molecule has 0 unspecified atom stereocenters. The maximum atomic E-state index is 13.2. The minimum Gasteiger partial charge on any atom is -0.488 e. The number of para-hydroxylation sites is 1. The number of nitrogens with zero attached hydrogens (tertiary/aromatic N) is 1. The van der Waals surface area contributed by atoms with Gasteiger partial charge in [-0.15, -0.1) is 0 Å². The molecule has 1 aliphatic rings. The van der Waals surface area contributed by atoms with Crippen molar-refractivity contribution in [2.75, 3.05) is 4.90 Å². The molecule has 6 nitrogen and oxygen atoms in total. The van der Waals surface area contributed by atoms with Crippen LogP contribution in [0.5, 0.6) is 5.75 Å². The van der Waals surface area contributed by atoms with Gasteiger partial charge in [-0.05, 0) is 42.8 Å². The number of hydrogen-bond donors (Lipinski definition) is 1. The van der Waals surface area contributed by atoms with Crippen molar-refractivity contribution < 1.29 is 19.1 Å². The summed E-state index contributed by atoms with van der Waals surface area (Å²) in [6, 6.07) is 18.8. The number of benzene rings is 3. The van der Waals surface area contributed by atoms with Gasteiger partial charge in [0.05, 0.1) is 5.69 Å². The lowest BCUT2D eigenvalue weighted by molar-refractivity contribution is -0.122. The van der Waals surface area contributed by atoms with Crippen molar-refractivity contribution >= 4 is 57.1 Å². The number of imide groups is 2. The summed E-state index contributed by atoms with van der Waals surface area (Å²) in [5.74, 6) is -1.03. The van der Waals surface area contributed by atoms with Crippen LogP contribution in [0, 0.1) is 6.92 Å². The molecule has 0 aliphatic carbocycles. The number of barbiturate groups is 1. The highest BCUT2D eigenvalue weighted by Crippen LogP contribution is 2.30. The average molecular weight is 526 g/mol. The lowest BCUT2D eigenvalue weighted by Gasteiger charge is -2.27. The van der Waals surface area contributed by atoms with Crippen molar-refractivity contribution in [2.24, 2.45) is 0 Å². The molecular formula is C25H18BrClN2O4. The summed E-state index contributed by atoms with van der Waals surface area (Å²) >= 11 is 9.66. The van der Waals surface area contributed by atoms with Gasteiger partial charge in [-0.25, -0.2) is 9.69 Å². The third-order valence-corrected chi connectivity index (χ3v) is 6.32. The summed E-state index contributed by atoms with van der Waals surface area (Å²) in [6.45, 7) is 1.98. The molecule has 0 atom stereocenters. The molecule has 166 valence electrons. The number of nitrogens with one attached hydrogen (secondary N) is 1. The second-order valence-electron chi connectivity index (χ2n) is 7.26. The second-order valence-corrected chi connectivity index (χ2v) is 8.52. The van der Waals surface area contributed by atoms with E-state index in [0.717, 1.165) is 14.9 Å². The monoisotopic (exact) mass is 524 g/mol. The van der Waals surface area contributed by atoms with Gasteiger partial charge < -0.3 is 4.74 Å². The number of amides is 4. The van der Waals surface area contributed by atoms with E-state index in [1.54, 1.807) is 49.4 Å². The number of anilines is 1. The van der Waals surface area contributed by atoms with Crippen LogP contribution in [0.1, 0.15) is 16.7 Å². The van der Waals surface area contributed by atoms with Crippen LogP contribution in [0.3, 0.4) is 0 Å². The summed E-state index contributed by atoms with van der Waals surface area (Å²) in [7, 11) is 0. The normalized spacial score (nSPS) is 15.1. The molecular weight excluding hydrogens is 508 g/mol.